The number of carbonyl (C=O) groups excluding carboxylic acids is 2. The van der Waals surface area contributed by atoms with Crippen molar-refractivity contribution < 1.29 is 14.7 Å². The van der Waals surface area contributed by atoms with Crippen molar-refractivity contribution in [1.82, 2.24) is 10.9 Å². The molecular formula is C17H22N2O3. The molecule has 0 spiro atoms. The predicted molar refractivity (Wildman–Crippen MR) is 83.9 cm³/mol. The van der Waals surface area contributed by atoms with Crippen LogP contribution in [-0.2, 0) is 4.79 Å². The van der Waals surface area contributed by atoms with Crippen molar-refractivity contribution in [2.75, 3.05) is 0 Å². The monoisotopic (exact) mass is 302 g/mol. The second kappa shape index (κ2) is 5.83. The summed E-state index contributed by atoms with van der Waals surface area (Å²) in [6, 6.07) is 6.18. The number of phenolic OH excluding ortho intramolecular Hbond substituents is 1. The zero-order chi connectivity index (χ0) is 16.5. The van der Waals surface area contributed by atoms with Gasteiger partial charge in [-0.3, -0.25) is 20.4 Å². The fraction of sp³-hybridized carbons (Fsp3) is 0.412. The van der Waals surface area contributed by atoms with Gasteiger partial charge in [-0.1, -0.05) is 37.6 Å². The quantitative estimate of drug-likeness (QED) is 0.592. The number of aromatic hydroxyl groups is 1. The van der Waals surface area contributed by atoms with E-state index in [0.29, 0.717) is 0 Å². The summed E-state index contributed by atoms with van der Waals surface area (Å²) in [6.07, 6.45) is 2.09. The van der Waals surface area contributed by atoms with Crippen LogP contribution < -0.4 is 10.9 Å². The summed E-state index contributed by atoms with van der Waals surface area (Å²) in [6.45, 7) is 8.07. The highest BCUT2D eigenvalue weighted by atomic mass is 16.3. The van der Waals surface area contributed by atoms with Crippen LogP contribution in [0.25, 0.3) is 0 Å². The van der Waals surface area contributed by atoms with Gasteiger partial charge in [0.25, 0.3) is 5.91 Å². The first-order chi connectivity index (χ1) is 10.2. The van der Waals surface area contributed by atoms with Gasteiger partial charge >= 0.3 is 0 Å². The first-order valence-corrected chi connectivity index (χ1v) is 7.28. The largest absolute Gasteiger partial charge is 0.507 e. The van der Waals surface area contributed by atoms with Crippen molar-refractivity contribution in [3.63, 3.8) is 0 Å². The van der Waals surface area contributed by atoms with Gasteiger partial charge in [0.15, 0.2) is 0 Å². The van der Waals surface area contributed by atoms with Crippen molar-refractivity contribution in [2.45, 2.75) is 27.7 Å². The predicted octanol–water partition coefficient (Wildman–Crippen LogP) is 2.39. The third kappa shape index (κ3) is 3.13. The molecule has 2 rings (SSSR count). The van der Waals surface area contributed by atoms with E-state index in [1.54, 1.807) is 12.1 Å². The third-order valence-corrected chi connectivity index (χ3v) is 4.15. The Morgan fingerprint density at radius 2 is 1.82 bits per heavy atom. The van der Waals surface area contributed by atoms with Gasteiger partial charge in [0.2, 0.25) is 5.91 Å². The number of allylic oxidation sites excluding steroid dienone is 2. The van der Waals surface area contributed by atoms with Crippen molar-refractivity contribution in [2.24, 2.45) is 17.3 Å². The van der Waals surface area contributed by atoms with Gasteiger partial charge in [-0.2, -0.15) is 0 Å². The Balaban J connectivity index is 1.96. The normalized spacial score (nSPS) is 21.6. The molecule has 1 aliphatic rings. The number of nitrogens with one attached hydrogen (secondary N) is 2. The Morgan fingerprint density at radius 1 is 1.18 bits per heavy atom. The number of benzene rings is 1. The standard InChI is InChI=1S/C17H22N2O3/c1-10(2)9-12-14(17(12,3)4)16(22)19-18-15(21)11-7-5-6-8-13(11)20/h5-9,12,14,20H,1-4H3,(H,18,21)(H,19,22). The Hall–Kier alpha value is -2.30. The highest BCUT2D eigenvalue weighted by Gasteiger charge is 2.60. The molecule has 0 radical (unpaired) electrons. The van der Waals surface area contributed by atoms with Crippen LogP contribution in [0.4, 0.5) is 0 Å². The lowest BCUT2D eigenvalue weighted by Gasteiger charge is -2.09. The Kier molecular flexibility index (Phi) is 4.26. The molecule has 1 fully saturated rings. The van der Waals surface area contributed by atoms with Crippen molar-refractivity contribution in [1.29, 1.82) is 0 Å². The maximum Gasteiger partial charge on any atom is 0.273 e. The summed E-state index contributed by atoms with van der Waals surface area (Å²) < 4.78 is 0. The second-order valence-electron chi connectivity index (χ2n) is 6.53. The van der Waals surface area contributed by atoms with Crippen molar-refractivity contribution in [3.05, 3.63) is 41.5 Å². The van der Waals surface area contributed by atoms with E-state index in [1.807, 2.05) is 27.7 Å². The Labute approximate surface area is 130 Å². The summed E-state index contributed by atoms with van der Waals surface area (Å²) in [5.41, 5.74) is 5.99. The highest BCUT2D eigenvalue weighted by Crippen LogP contribution is 2.59. The van der Waals surface area contributed by atoms with Crippen LogP contribution in [0, 0.1) is 17.3 Å². The number of hydrogen-bond acceptors (Lipinski definition) is 3. The van der Waals surface area contributed by atoms with Gasteiger partial charge in [0.1, 0.15) is 5.75 Å². The van der Waals surface area contributed by atoms with Crippen molar-refractivity contribution >= 4 is 11.8 Å². The summed E-state index contributed by atoms with van der Waals surface area (Å²) >= 11 is 0. The van der Waals surface area contributed by atoms with Crippen LogP contribution in [0.1, 0.15) is 38.1 Å². The average molecular weight is 302 g/mol. The number of amides is 2. The molecule has 0 aromatic heterocycles. The smallest absolute Gasteiger partial charge is 0.273 e. The van der Waals surface area contributed by atoms with E-state index in [0.717, 1.165) is 0 Å². The molecule has 22 heavy (non-hydrogen) atoms. The van der Waals surface area contributed by atoms with Gasteiger partial charge < -0.3 is 5.11 Å². The molecule has 1 aliphatic carbocycles. The molecule has 0 bridgehead atoms. The summed E-state index contributed by atoms with van der Waals surface area (Å²) in [4.78, 5) is 24.2. The Morgan fingerprint density at radius 3 is 2.41 bits per heavy atom. The minimum atomic E-state index is -0.538. The summed E-state index contributed by atoms with van der Waals surface area (Å²) in [7, 11) is 0. The van der Waals surface area contributed by atoms with E-state index in [1.165, 1.54) is 17.7 Å². The van der Waals surface area contributed by atoms with Gasteiger partial charge in [-0.25, -0.2) is 0 Å². The van der Waals surface area contributed by atoms with Crippen LogP contribution in [0.5, 0.6) is 5.75 Å². The maximum atomic E-state index is 12.2. The lowest BCUT2D eigenvalue weighted by molar-refractivity contribution is -0.123. The zero-order valence-corrected chi connectivity index (χ0v) is 13.3. The number of carbonyl (C=O) groups is 2. The molecule has 5 nitrogen and oxygen atoms in total. The molecule has 1 saturated carbocycles. The van der Waals surface area contributed by atoms with Gasteiger partial charge in [-0.15, -0.1) is 0 Å². The van der Waals surface area contributed by atoms with Crippen LogP contribution in [-0.4, -0.2) is 16.9 Å². The number of hydrazine groups is 1. The molecule has 2 atom stereocenters. The molecule has 118 valence electrons. The molecule has 0 heterocycles. The fourth-order valence-electron chi connectivity index (χ4n) is 2.78. The highest BCUT2D eigenvalue weighted by molar-refractivity contribution is 5.98. The average Bonchev–Trinajstić information content (AvgIpc) is 2.96. The lowest BCUT2D eigenvalue weighted by Crippen LogP contribution is -2.43. The molecule has 2 unspecified atom stereocenters. The van der Waals surface area contributed by atoms with Gasteiger partial charge in [0, 0.05) is 0 Å². The van der Waals surface area contributed by atoms with Crippen molar-refractivity contribution in [3.8, 4) is 5.75 Å². The molecule has 1 aromatic carbocycles. The maximum absolute atomic E-state index is 12.2. The molecule has 0 aliphatic heterocycles. The number of phenols is 1. The zero-order valence-electron chi connectivity index (χ0n) is 13.3. The molecule has 2 amide bonds. The fourth-order valence-corrected chi connectivity index (χ4v) is 2.78. The van der Waals surface area contributed by atoms with Gasteiger partial charge in [0.05, 0.1) is 11.5 Å². The molecule has 0 saturated heterocycles. The molecule has 3 N–H and O–H groups in total. The molecule has 5 heteroatoms. The van der Waals surface area contributed by atoms with Crippen LogP contribution in [0.2, 0.25) is 0 Å². The SMILES string of the molecule is CC(C)=CC1C(C(=O)NNC(=O)c2ccccc2O)C1(C)C. The second-order valence-corrected chi connectivity index (χ2v) is 6.53. The summed E-state index contributed by atoms with van der Waals surface area (Å²) in [5, 5.41) is 9.61. The number of para-hydroxylation sites is 1. The topological polar surface area (TPSA) is 78.4 Å². The minimum absolute atomic E-state index is 0.110. The lowest BCUT2D eigenvalue weighted by atomic mass is 10.1. The van der Waals surface area contributed by atoms with Gasteiger partial charge in [-0.05, 0) is 37.3 Å². The molecular weight excluding hydrogens is 280 g/mol. The van der Waals surface area contributed by atoms with E-state index >= 15 is 0 Å². The van der Waals surface area contributed by atoms with E-state index in [9.17, 15) is 14.7 Å². The van der Waals surface area contributed by atoms with Crippen LogP contribution >= 0.6 is 0 Å². The summed E-state index contributed by atoms with van der Waals surface area (Å²) in [5.74, 6) is -0.852. The first kappa shape index (κ1) is 16.1. The molecule has 1 aromatic rings. The minimum Gasteiger partial charge on any atom is -0.507 e. The Bertz CT molecular complexity index is 631. The third-order valence-electron chi connectivity index (χ3n) is 4.15. The number of hydrogen-bond donors (Lipinski definition) is 3. The van der Waals surface area contributed by atoms with Crippen LogP contribution in [0.15, 0.2) is 35.9 Å². The first-order valence-electron chi connectivity index (χ1n) is 7.28. The van der Waals surface area contributed by atoms with E-state index in [4.69, 9.17) is 0 Å². The van der Waals surface area contributed by atoms with Crippen LogP contribution in [0.3, 0.4) is 0 Å². The van der Waals surface area contributed by atoms with E-state index in [-0.39, 0.29) is 34.5 Å². The van der Waals surface area contributed by atoms with E-state index in [2.05, 4.69) is 16.9 Å². The number of rotatable bonds is 3. The van der Waals surface area contributed by atoms with E-state index < -0.39 is 5.91 Å².